The van der Waals surface area contributed by atoms with Crippen LogP contribution in [-0.4, -0.2) is 54.6 Å². The molecule has 4 N–H and O–H groups in total. The molecule has 0 fully saturated rings. The van der Waals surface area contributed by atoms with Crippen LogP contribution in [0.3, 0.4) is 0 Å². The van der Waals surface area contributed by atoms with Crippen molar-refractivity contribution in [3.8, 4) is 5.88 Å². The summed E-state index contributed by atoms with van der Waals surface area (Å²) in [6, 6.07) is 0. The van der Waals surface area contributed by atoms with Gasteiger partial charge in [-0.3, -0.25) is 4.79 Å². The number of hydrogen-bond donors (Lipinski definition) is 3. The quantitative estimate of drug-likeness (QED) is 0.462. The topological polar surface area (TPSA) is 107 Å². The minimum atomic E-state index is -5.05. The molecule has 0 aliphatic rings. The van der Waals surface area contributed by atoms with Crippen molar-refractivity contribution in [3.63, 3.8) is 0 Å². The molecule has 1 heterocycles. The molecule has 1 amide bonds. The molecular weight excluding hydrogens is 400 g/mol. The van der Waals surface area contributed by atoms with Crippen molar-refractivity contribution in [2.75, 3.05) is 32.6 Å². The molecule has 0 bridgehead atoms. The van der Waals surface area contributed by atoms with Gasteiger partial charge in [0.05, 0.1) is 18.8 Å². The summed E-state index contributed by atoms with van der Waals surface area (Å²) in [6.07, 6.45) is -9.97. The molecule has 0 aliphatic carbocycles. The molecule has 160 valence electrons. The standard InChI is InChI=1S/C15H19F6N3O4/c1-7-8(14(16,17)18)12(28-5-4-27-3)24-10(9(7)22)11(25)23-6-13(2,26)15(19,20)21/h26H,4-6,22H2,1-3H3,(H,23,25). The van der Waals surface area contributed by atoms with Crippen LogP contribution in [-0.2, 0) is 10.9 Å². The van der Waals surface area contributed by atoms with E-state index in [2.05, 4.69) is 9.72 Å². The van der Waals surface area contributed by atoms with E-state index in [1.165, 1.54) is 7.11 Å². The molecule has 1 aromatic heterocycles. The summed E-state index contributed by atoms with van der Waals surface area (Å²) < 4.78 is 87.4. The maximum atomic E-state index is 13.3. The first-order chi connectivity index (χ1) is 12.6. The first kappa shape index (κ1) is 23.8. The van der Waals surface area contributed by atoms with Crippen LogP contribution in [0.4, 0.5) is 32.0 Å². The van der Waals surface area contributed by atoms with Gasteiger partial charge in [-0.2, -0.15) is 26.3 Å². The van der Waals surface area contributed by atoms with E-state index in [9.17, 15) is 36.2 Å². The number of nitrogens with one attached hydrogen (secondary N) is 1. The van der Waals surface area contributed by atoms with Gasteiger partial charge in [0.25, 0.3) is 5.91 Å². The van der Waals surface area contributed by atoms with Crippen molar-refractivity contribution in [3.05, 3.63) is 16.8 Å². The second kappa shape index (κ2) is 8.39. The van der Waals surface area contributed by atoms with Crippen molar-refractivity contribution in [2.45, 2.75) is 31.8 Å². The lowest BCUT2D eigenvalue weighted by Crippen LogP contribution is -2.51. The predicted molar refractivity (Wildman–Crippen MR) is 84.8 cm³/mol. The van der Waals surface area contributed by atoms with Gasteiger partial charge < -0.3 is 25.6 Å². The fraction of sp³-hybridized carbons (Fsp3) is 0.600. The summed E-state index contributed by atoms with van der Waals surface area (Å²) >= 11 is 0. The number of pyridine rings is 1. The Bertz CT molecular complexity index is 719. The number of carbonyl (C=O) groups is 1. The Balaban J connectivity index is 3.27. The number of carbonyl (C=O) groups excluding carboxylic acids is 1. The van der Waals surface area contributed by atoms with Crippen LogP contribution in [0.25, 0.3) is 0 Å². The average molecular weight is 419 g/mol. The highest BCUT2D eigenvalue weighted by atomic mass is 19.4. The minimum absolute atomic E-state index is 0.0849. The van der Waals surface area contributed by atoms with Gasteiger partial charge in [0.2, 0.25) is 5.88 Å². The van der Waals surface area contributed by atoms with E-state index < -0.39 is 58.8 Å². The average Bonchev–Trinajstić information content (AvgIpc) is 2.53. The first-order valence-corrected chi connectivity index (χ1v) is 7.69. The maximum absolute atomic E-state index is 13.3. The lowest BCUT2D eigenvalue weighted by Gasteiger charge is -2.26. The molecule has 0 aromatic carbocycles. The van der Waals surface area contributed by atoms with Crippen LogP contribution in [0, 0.1) is 6.92 Å². The fourth-order valence-corrected chi connectivity index (χ4v) is 1.96. The molecule has 1 rings (SSSR count). The third kappa shape index (κ3) is 5.38. The van der Waals surface area contributed by atoms with E-state index in [-0.39, 0.29) is 13.2 Å². The number of anilines is 1. The van der Waals surface area contributed by atoms with Crippen LogP contribution >= 0.6 is 0 Å². The molecule has 0 spiro atoms. The van der Waals surface area contributed by atoms with E-state index in [0.29, 0.717) is 6.92 Å². The van der Waals surface area contributed by atoms with Crippen LogP contribution in [0.15, 0.2) is 0 Å². The van der Waals surface area contributed by atoms with E-state index in [1.807, 2.05) is 0 Å². The zero-order chi connectivity index (χ0) is 21.9. The predicted octanol–water partition coefficient (Wildman–Crippen LogP) is 2.06. The fourth-order valence-electron chi connectivity index (χ4n) is 1.96. The smallest absolute Gasteiger partial charge is 0.421 e. The molecule has 0 saturated carbocycles. The third-order valence-corrected chi connectivity index (χ3v) is 3.69. The Morgan fingerprint density at radius 3 is 2.25 bits per heavy atom. The number of nitrogens with zero attached hydrogens (tertiary/aromatic N) is 1. The highest BCUT2D eigenvalue weighted by Crippen LogP contribution is 2.40. The van der Waals surface area contributed by atoms with Crippen LogP contribution in [0.1, 0.15) is 28.5 Å². The zero-order valence-electron chi connectivity index (χ0n) is 15.1. The zero-order valence-corrected chi connectivity index (χ0v) is 15.1. The summed E-state index contributed by atoms with van der Waals surface area (Å²) in [5, 5.41) is 11.1. The molecule has 0 saturated heterocycles. The summed E-state index contributed by atoms with van der Waals surface area (Å²) in [6.45, 7) is -0.304. The highest BCUT2D eigenvalue weighted by Gasteiger charge is 2.50. The normalized spacial score (nSPS) is 14.5. The molecule has 1 aromatic rings. The molecule has 13 heteroatoms. The Morgan fingerprint density at radius 1 is 1.21 bits per heavy atom. The molecule has 1 atom stereocenters. The molecule has 0 radical (unpaired) electrons. The number of aromatic nitrogens is 1. The number of amides is 1. The number of nitrogen functional groups attached to an aromatic ring is 1. The molecular formula is C15H19F6N3O4. The molecule has 7 nitrogen and oxygen atoms in total. The minimum Gasteiger partial charge on any atom is -0.475 e. The Kier molecular flexibility index (Phi) is 7.12. The molecule has 28 heavy (non-hydrogen) atoms. The summed E-state index contributed by atoms with van der Waals surface area (Å²) in [4.78, 5) is 15.6. The SMILES string of the molecule is COCCOc1nc(C(=O)NCC(C)(O)C(F)(F)F)c(N)c(C)c1C(F)(F)F. The van der Waals surface area contributed by atoms with E-state index in [4.69, 9.17) is 10.5 Å². The Labute approximate surface area is 155 Å². The van der Waals surface area contributed by atoms with Gasteiger partial charge in [-0.05, 0) is 19.4 Å². The van der Waals surface area contributed by atoms with Gasteiger partial charge >= 0.3 is 12.4 Å². The van der Waals surface area contributed by atoms with Crippen molar-refractivity contribution in [2.24, 2.45) is 0 Å². The Hall–Kier alpha value is -2.28. The monoisotopic (exact) mass is 419 g/mol. The number of alkyl halides is 6. The maximum Gasteiger partial charge on any atom is 0.421 e. The van der Waals surface area contributed by atoms with E-state index >= 15 is 0 Å². The van der Waals surface area contributed by atoms with Crippen LogP contribution in [0.5, 0.6) is 5.88 Å². The van der Waals surface area contributed by atoms with Crippen molar-refractivity contribution < 1.29 is 45.7 Å². The summed E-state index contributed by atoms with van der Waals surface area (Å²) in [5.74, 6) is -2.28. The lowest BCUT2D eigenvalue weighted by atomic mass is 10.1. The van der Waals surface area contributed by atoms with Gasteiger partial charge in [-0.1, -0.05) is 0 Å². The van der Waals surface area contributed by atoms with Crippen LogP contribution < -0.4 is 15.8 Å². The van der Waals surface area contributed by atoms with E-state index in [0.717, 1.165) is 6.92 Å². The van der Waals surface area contributed by atoms with Gasteiger partial charge in [0.15, 0.2) is 11.3 Å². The number of methoxy groups -OCH3 is 1. The van der Waals surface area contributed by atoms with Gasteiger partial charge in [-0.25, -0.2) is 4.98 Å². The first-order valence-electron chi connectivity index (χ1n) is 7.69. The largest absolute Gasteiger partial charge is 0.475 e. The van der Waals surface area contributed by atoms with Gasteiger partial charge in [-0.15, -0.1) is 0 Å². The molecule has 0 aliphatic heterocycles. The number of rotatable bonds is 7. The highest BCUT2D eigenvalue weighted by molar-refractivity contribution is 5.98. The van der Waals surface area contributed by atoms with E-state index in [1.54, 1.807) is 5.32 Å². The van der Waals surface area contributed by atoms with Crippen molar-refractivity contribution >= 4 is 11.6 Å². The summed E-state index contributed by atoms with van der Waals surface area (Å²) in [5.41, 5.74) is -1.08. The Morgan fingerprint density at radius 2 is 1.79 bits per heavy atom. The molecule has 1 unspecified atom stereocenters. The number of nitrogens with two attached hydrogens (primary N) is 1. The number of ether oxygens (including phenoxy) is 2. The van der Waals surface area contributed by atoms with Crippen molar-refractivity contribution in [1.82, 2.24) is 10.3 Å². The number of aliphatic hydroxyl groups is 1. The number of halogens is 6. The van der Waals surface area contributed by atoms with Gasteiger partial charge in [0, 0.05) is 7.11 Å². The summed E-state index contributed by atoms with van der Waals surface area (Å²) in [7, 11) is 1.28. The van der Waals surface area contributed by atoms with Crippen LogP contribution in [0.2, 0.25) is 0 Å². The second-order valence-corrected chi connectivity index (χ2v) is 5.97. The lowest BCUT2D eigenvalue weighted by molar-refractivity contribution is -0.249. The van der Waals surface area contributed by atoms with Crippen molar-refractivity contribution in [1.29, 1.82) is 0 Å². The second-order valence-electron chi connectivity index (χ2n) is 5.97. The third-order valence-electron chi connectivity index (χ3n) is 3.69. The van der Waals surface area contributed by atoms with Gasteiger partial charge in [0.1, 0.15) is 12.2 Å². The number of hydrogen-bond acceptors (Lipinski definition) is 6.